The maximum Gasteiger partial charge on any atom is 0.119 e. The highest BCUT2D eigenvalue weighted by molar-refractivity contribution is 5.31. The Morgan fingerprint density at radius 2 is 1.79 bits per heavy atom. The first-order valence-corrected chi connectivity index (χ1v) is 4.78. The third-order valence-corrected chi connectivity index (χ3v) is 2.05. The van der Waals surface area contributed by atoms with Gasteiger partial charge in [0, 0.05) is 6.04 Å². The van der Waals surface area contributed by atoms with Crippen LogP contribution in [0.3, 0.4) is 0 Å². The minimum absolute atomic E-state index is 0.108. The van der Waals surface area contributed by atoms with E-state index in [4.69, 9.17) is 15.2 Å². The molecule has 1 rings (SSSR count). The van der Waals surface area contributed by atoms with E-state index in [0.29, 0.717) is 6.61 Å². The molecule has 0 bridgehead atoms. The molecule has 1 aromatic carbocycles. The first-order chi connectivity index (χ1) is 6.76. The van der Waals surface area contributed by atoms with E-state index < -0.39 is 0 Å². The molecule has 0 aliphatic rings. The zero-order valence-electron chi connectivity index (χ0n) is 8.69. The molecule has 3 nitrogen and oxygen atoms in total. The number of rotatable bonds is 5. The fourth-order valence-electron chi connectivity index (χ4n) is 0.993. The lowest BCUT2D eigenvalue weighted by atomic mass is 10.2. The third-order valence-electron chi connectivity index (χ3n) is 2.05. The molecule has 0 heterocycles. The van der Waals surface area contributed by atoms with E-state index in [2.05, 4.69) is 0 Å². The van der Waals surface area contributed by atoms with Crippen LogP contribution in [-0.4, -0.2) is 19.8 Å². The molecule has 0 saturated heterocycles. The van der Waals surface area contributed by atoms with Crippen LogP contribution in [0.4, 0.5) is 0 Å². The molecular formula is C11H17NO2. The summed E-state index contributed by atoms with van der Waals surface area (Å²) >= 11 is 0. The fraction of sp³-hybridized carbons (Fsp3) is 0.455. The molecule has 14 heavy (non-hydrogen) atoms. The van der Waals surface area contributed by atoms with Crippen molar-refractivity contribution in [3.63, 3.8) is 0 Å². The van der Waals surface area contributed by atoms with Crippen molar-refractivity contribution in [1.29, 1.82) is 0 Å². The average Bonchev–Trinajstić information content (AvgIpc) is 2.26. The molecule has 0 saturated carbocycles. The molecule has 78 valence electrons. The van der Waals surface area contributed by atoms with Gasteiger partial charge in [0.25, 0.3) is 0 Å². The van der Waals surface area contributed by atoms with Crippen LogP contribution in [-0.2, 0) is 0 Å². The van der Waals surface area contributed by atoms with E-state index in [1.807, 2.05) is 31.2 Å². The van der Waals surface area contributed by atoms with Gasteiger partial charge >= 0.3 is 0 Å². The SMILES string of the molecule is CCC(N)COc1ccc(OC)cc1. The van der Waals surface area contributed by atoms with Gasteiger partial charge in [0.15, 0.2) is 0 Å². The normalized spacial score (nSPS) is 12.2. The third kappa shape index (κ3) is 3.26. The van der Waals surface area contributed by atoms with Crippen molar-refractivity contribution in [1.82, 2.24) is 0 Å². The van der Waals surface area contributed by atoms with E-state index in [-0.39, 0.29) is 6.04 Å². The van der Waals surface area contributed by atoms with Crippen LogP contribution in [0.5, 0.6) is 11.5 Å². The van der Waals surface area contributed by atoms with Gasteiger partial charge in [0.2, 0.25) is 0 Å². The number of hydrogen-bond acceptors (Lipinski definition) is 3. The lowest BCUT2D eigenvalue weighted by molar-refractivity contribution is 0.285. The van der Waals surface area contributed by atoms with E-state index in [0.717, 1.165) is 17.9 Å². The van der Waals surface area contributed by atoms with Crippen LogP contribution in [0, 0.1) is 0 Å². The van der Waals surface area contributed by atoms with Gasteiger partial charge in [-0.2, -0.15) is 0 Å². The highest BCUT2D eigenvalue weighted by Gasteiger charge is 2.00. The van der Waals surface area contributed by atoms with E-state index >= 15 is 0 Å². The lowest BCUT2D eigenvalue weighted by Crippen LogP contribution is -2.26. The minimum Gasteiger partial charge on any atom is -0.497 e. The second kappa shape index (κ2) is 5.50. The summed E-state index contributed by atoms with van der Waals surface area (Å²) in [7, 11) is 1.64. The topological polar surface area (TPSA) is 44.5 Å². The molecule has 1 atom stereocenters. The van der Waals surface area contributed by atoms with Crippen molar-refractivity contribution in [3.8, 4) is 11.5 Å². The Balaban J connectivity index is 2.43. The quantitative estimate of drug-likeness (QED) is 0.779. The molecule has 0 aliphatic heterocycles. The predicted octanol–water partition coefficient (Wildman–Crippen LogP) is 1.81. The first-order valence-electron chi connectivity index (χ1n) is 4.78. The van der Waals surface area contributed by atoms with Crippen molar-refractivity contribution in [2.45, 2.75) is 19.4 Å². The van der Waals surface area contributed by atoms with Gasteiger partial charge in [0.05, 0.1) is 7.11 Å². The number of nitrogens with two attached hydrogens (primary N) is 1. The maximum atomic E-state index is 5.73. The predicted molar refractivity (Wildman–Crippen MR) is 56.8 cm³/mol. The molecular weight excluding hydrogens is 178 g/mol. The van der Waals surface area contributed by atoms with E-state index in [1.165, 1.54) is 0 Å². The molecule has 0 radical (unpaired) electrons. The summed E-state index contributed by atoms with van der Waals surface area (Å²) in [5.41, 5.74) is 5.73. The molecule has 0 fully saturated rings. The van der Waals surface area contributed by atoms with Crippen molar-refractivity contribution < 1.29 is 9.47 Å². The summed E-state index contributed by atoms with van der Waals surface area (Å²) in [6.45, 7) is 2.60. The highest BCUT2D eigenvalue weighted by atomic mass is 16.5. The Kier molecular flexibility index (Phi) is 4.26. The molecule has 0 aromatic heterocycles. The van der Waals surface area contributed by atoms with Crippen molar-refractivity contribution >= 4 is 0 Å². The van der Waals surface area contributed by atoms with Crippen molar-refractivity contribution in [2.75, 3.05) is 13.7 Å². The molecule has 1 aromatic rings. The van der Waals surface area contributed by atoms with E-state index in [1.54, 1.807) is 7.11 Å². The largest absolute Gasteiger partial charge is 0.497 e. The molecule has 2 N–H and O–H groups in total. The number of methoxy groups -OCH3 is 1. The number of ether oxygens (including phenoxy) is 2. The van der Waals surface area contributed by atoms with E-state index in [9.17, 15) is 0 Å². The van der Waals surface area contributed by atoms with Crippen LogP contribution in [0.15, 0.2) is 24.3 Å². The zero-order chi connectivity index (χ0) is 10.4. The van der Waals surface area contributed by atoms with Crippen LogP contribution in [0.25, 0.3) is 0 Å². The Morgan fingerprint density at radius 1 is 1.21 bits per heavy atom. The summed E-state index contributed by atoms with van der Waals surface area (Å²) in [6.07, 6.45) is 0.927. The van der Waals surface area contributed by atoms with Crippen LogP contribution in [0.1, 0.15) is 13.3 Å². The minimum atomic E-state index is 0.108. The van der Waals surface area contributed by atoms with Gasteiger partial charge in [-0.3, -0.25) is 0 Å². The Bertz CT molecular complexity index is 258. The Morgan fingerprint density at radius 3 is 2.29 bits per heavy atom. The van der Waals surface area contributed by atoms with Crippen molar-refractivity contribution in [2.24, 2.45) is 5.73 Å². The number of hydrogen-bond donors (Lipinski definition) is 1. The summed E-state index contributed by atoms with van der Waals surface area (Å²) in [6, 6.07) is 7.60. The summed E-state index contributed by atoms with van der Waals surface area (Å²) < 4.78 is 10.5. The van der Waals surface area contributed by atoms with Gasteiger partial charge in [0.1, 0.15) is 18.1 Å². The smallest absolute Gasteiger partial charge is 0.119 e. The zero-order valence-corrected chi connectivity index (χ0v) is 8.69. The summed E-state index contributed by atoms with van der Waals surface area (Å²) in [5.74, 6) is 1.66. The highest BCUT2D eigenvalue weighted by Crippen LogP contribution is 2.16. The second-order valence-electron chi connectivity index (χ2n) is 3.15. The maximum absolute atomic E-state index is 5.73. The lowest BCUT2D eigenvalue weighted by Gasteiger charge is -2.11. The van der Waals surface area contributed by atoms with Crippen LogP contribution in [0.2, 0.25) is 0 Å². The summed E-state index contributed by atoms with van der Waals surface area (Å²) in [5, 5.41) is 0. The average molecular weight is 195 g/mol. The summed E-state index contributed by atoms with van der Waals surface area (Å²) in [4.78, 5) is 0. The molecule has 1 unspecified atom stereocenters. The van der Waals surface area contributed by atoms with Gasteiger partial charge in [-0.1, -0.05) is 6.92 Å². The van der Waals surface area contributed by atoms with Crippen molar-refractivity contribution in [3.05, 3.63) is 24.3 Å². The number of benzene rings is 1. The monoisotopic (exact) mass is 195 g/mol. The Labute approximate surface area is 84.8 Å². The standard InChI is InChI=1S/C11H17NO2/c1-3-9(12)8-14-11-6-4-10(13-2)5-7-11/h4-7,9H,3,8,12H2,1-2H3. The molecule has 0 aliphatic carbocycles. The fourth-order valence-corrected chi connectivity index (χ4v) is 0.993. The molecule has 0 spiro atoms. The van der Waals surface area contributed by atoms with Crippen LogP contribution >= 0.6 is 0 Å². The van der Waals surface area contributed by atoms with Gasteiger partial charge in [-0.25, -0.2) is 0 Å². The Hall–Kier alpha value is -1.22. The van der Waals surface area contributed by atoms with Gasteiger partial charge < -0.3 is 15.2 Å². The molecule has 3 heteroatoms. The van der Waals surface area contributed by atoms with Gasteiger partial charge in [-0.15, -0.1) is 0 Å². The first kappa shape index (κ1) is 10.9. The van der Waals surface area contributed by atoms with Gasteiger partial charge in [-0.05, 0) is 30.7 Å². The molecule has 0 amide bonds. The van der Waals surface area contributed by atoms with Crippen LogP contribution < -0.4 is 15.2 Å². The second-order valence-corrected chi connectivity index (χ2v) is 3.15.